The number of halogens is 1. The Balaban J connectivity index is 3.07. The minimum absolute atomic E-state index is 0.195. The maximum atomic E-state index is 10.9. The molecule has 0 aromatic carbocycles. The third kappa shape index (κ3) is 2.92. The van der Waals surface area contributed by atoms with Crippen LogP contribution in [0.5, 0.6) is 0 Å². The van der Waals surface area contributed by atoms with Gasteiger partial charge in [0.25, 0.3) is 0 Å². The molecule has 0 saturated carbocycles. The van der Waals surface area contributed by atoms with E-state index in [1.807, 2.05) is 6.92 Å². The van der Waals surface area contributed by atoms with Gasteiger partial charge in [-0.05, 0) is 19.8 Å². The Bertz CT molecular complexity index is 393. The largest absolute Gasteiger partial charge is 0.367 e. The van der Waals surface area contributed by atoms with E-state index in [2.05, 4.69) is 29.1 Å². The molecule has 0 aliphatic carbocycles. The van der Waals surface area contributed by atoms with Gasteiger partial charge in [-0.15, -0.1) is 0 Å². The lowest BCUT2D eigenvalue weighted by atomic mass is 10.1. The lowest BCUT2D eigenvalue weighted by Crippen LogP contribution is -2.23. The Kier molecular flexibility index (Phi) is 4.24. The number of aldehydes is 1. The van der Waals surface area contributed by atoms with Crippen LogP contribution in [-0.2, 0) is 0 Å². The fourth-order valence-corrected chi connectivity index (χ4v) is 1.40. The Hall–Kier alpha value is -1.16. The maximum Gasteiger partial charge on any atom is 0.156 e. The predicted octanol–water partition coefficient (Wildman–Crippen LogP) is 2.71. The molecule has 5 heteroatoms. The number of rotatable bonds is 4. The second-order valence-corrected chi connectivity index (χ2v) is 4.48. The standard InChI is InChI=1S/C11H16ClN3O/c1-6(2)7(3)13-11-9(5-16)10(12)14-8(4)15-11/h5-7H,1-4H3,(H,13,14,15). The first-order chi connectivity index (χ1) is 7.45. The third-order valence-corrected chi connectivity index (χ3v) is 2.78. The maximum absolute atomic E-state index is 10.9. The van der Waals surface area contributed by atoms with Gasteiger partial charge in [-0.25, -0.2) is 9.97 Å². The number of nitrogens with zero attached hydrogens (tertiary/aromatic N) is 2. The van der Waals surface area contributed by atoms with Gasteiger partial charge < -0.3 is 5.32 Å². The van der Waals surface area contributed by atoms with Crippen LogP contribution in [0.15, 0.2) is 0 Å². The summed E-state index contributed by atoms with van der Waals surface area (Å²) >= 11 is 5.88. The van der Waals surface area contributed by atoms with Crippen molar-refractivity contribution < 1.29 is 4.79 Å². The molecule has 1 aromatic heterocycles. The van der Waals surface area contributed by atoms with E-state index in [1.165, 1.54) is 0 Å². The summed E-state index contributed by atoms with van der Waals surface area (Å²) in [4.78, 5) is 19.0. The van der Waals surface area contributed by atoms with Crippen LogP contribution in [0.25, 0.3) is 0 Å². The summed E-state index contributed by atoms with van der Waals surface area (Å²) < 4.78 is 0. The van der Waals surface area contributed by atoms with E-state index < -0.39 is 0 Å². The minimum atomic E-state index is 0.195. The quantitative estimate of drug-likeness (QED) is 0.651. The van der Waals surface area contributed by atoms with Crippen molar-refractivity contribution >= 4 is 23.7 Å². The van der Waals surface area contributed by atoms with Crippen LogP contribution in [0, 0.1) is 12.8 Å². The van der Waals surface area contributed by atoms with Gasteiger partial charge in [-0.3, -0.25) is 4.79 Å². The van der Waals surface area contributed by atoms with Crippen molar-refractivity contribution in [1.29, 1.82) is 0 Å². The number of hydrogen-bond donors (Lipinski definition) is 1. The van der Waals surface area contributed by atoms with Crippen molar-refractivity contribution in [3.8, 4) is 0 Å². The SMILES string of the molecule is Cc1nc(Cl)c(C=O)c(NC(C)C(C)C)n1. The van der Waals surface area contributed by atoms with E-state index >= 15 is 0 Å². The summed E-state index contributed by atoms with van der Waals surface area (Å²) in [6.07, 6.45) is 0.678. The lowest BCUT2D eigenvalue weighted by Gasteiger charge is -2.19. The first-order valence-corrected chi connectivity index (χ1v) is 5.59. The van der Waals surface area contributed by atoms with E-state index in [0.29, 0.717) is 29.4 Å². The lowest BCUT2D eigenvalue weighted by molar-refractivity contribution is 0.112. The zero-order valence-electron chi connectivity index (χ0n) is 9.91. The molecule has 0 bridgehead atoms. The summed E-state index contributed by atoms with van der Waals surface area (Å²) in [6, 6.07) is 0.212. The monoisotopic (exact) mass is 241 g/mol. The van der Waals surface area contributed by atoms with Crippen LogP contribution in [0.3, 0.4) is 0 Å². The molecule has 1 atom stereocenters. The van der Waals surface area contributed by atoms with E-state index in [9.17, 15) is 4.79 Å². The van der Waals surface area contributed by atoms with Crippen molar-refractivity contribution in [2.24, 2.45) is 5.92 Å². The fourth-order valence-electron chi connectivity index (χ4n) is 1.14. The molecule has 0 amide bonds. The molecule has 0 saturated heterocycles. The molecular weight excluding hydrogens is 226 g/mol. The Morgan fingerprint density at radius 2 is 1.94 bits per heavy atom. The molecule has 0 radical (unpaired) electrons. The van der Waals surface area contributed by atoms with Gasteiger partial charge in [0.1, 0.15) is 16.8 Å². The Morgan fingerprint density at radius 3 is 2.44 bits per heavy atom. The van der Waals surface area contributed by atoms with Crippen LogP contribution in [0.1, 0.15) is 37.0 Å². The molecule has 88 valence electrons. The molecule has 1 N–H and O–H groups in total. The molecule has 4 nitrogen and oxygen atoms in total. The van der Waals surface area contributed by atoms with Crippen molar-refractivity contribution in [3.63, 3.8) is 0 Å². The summed E-state index contributed by atoms with van der Waals surface area (Å²) in [5.41, 5.74) is 0.319. The van der Waals surface area contributed by atoms with Gasteiger partial charge in [0, 0.05) is 6.04 Å². The van der Waals surface area contributed by atoms with Crippen molar-refractivity contribution in [1.82, 2.24) is 9.97 Å². The van der Waals surface area contributed by atoms with Crippen molar-refractivity contribution in [2.45, 2.75) is 33.7 Å². The van der Waals surface area contributed by atoms with E-state index in [0.717, 1.165) is 0 Å². The second kappa shape index (κ2) is 5.25. The predicted molar refractivity (Wildman–Crippen MR) is 65.1 cm³/mol. The summed E-state index contributed by atoms with van der Waals surface area (Å²) in [7, 11) is 0. The van der Waals surface area contributed by atoms with Crippen molar-refractivity contribution in [3.05, 3.63) is 16.5 Å². The highest BCUT2D eigenvalue weighted by Crippen LogP contribution is 2.20. The molecule has 0 aliphatic heterocycles. The highest BCUT2D eigenvalue weighted by atomic mass is 35.5. The molecular formula is C11H16ClN3O. The van der Waals surface area contributed by atoms with E-state index in [4.69, 9.17) is 11.6 Å². The first kappa shape index (κ1) is 12.9. The summed E-state index contributed by atoms with van der Waals surface area (Å²) in [5.74, 6) is 1.50. The van der Waals surface area contributed by atoms with Crippen LogP contribution < -0.4 is 5.32 Å². The second-order valence-electron chi connectivity index (χ2n) is 4.12. The van der Waals surface area contributed by atoms with Gasteiger partial charge in [-0.2, -0.15) is 0 Å². The molecule has 1 aromatic rings. The molecule has 1 unspecified atom stereocenters. The number of anilines is 1. The molecule has 0 fully saturated rings. The highest BCUT2D eigenvalue weighted by Gasteiger charge is 2.14. The van der Waals surface area contributed by atoms with Gasteiger partial charge in [0.2, 0.25) is 0 Å². The molecule has 1 heterocycles. The van der Waals surface area contributed by atoms with Gasteiger partial charge in [0.05, 0.1) is 5.56 Å². The van der Waals surface area contributed by atoms with Gasteiger partial charge in [0.15, 0.2) is 6.29 Å². The Morgan fingerprint density at radius 1 is 1.31 bits per heavy atom. The van der Waals surface area contributed by atoms with Crippen LogP contribution in [0.2, 0.25) is 5.15 Å². The van der Waals surface area contributed by atoms with Crippen LogP contribution in [-0.4, -0.2) is 22.3 Å². The van der Waals surface area contributed by atoms with Gasteiger partial charge in [-0.1, -0.05) is 25.4 Å². The normalized spacial score (nSPS) is 12.6. The van der Waals surface area contributed by atoms with Gasteiger partial charge >= 0.3 is 0 Å². The van der Waals surface area contributed by atoms with Crippen LogP contribution in [0.4, 0.5) is 5.82 Å². The molecule has 16 heavy (non-hydrogen) atoms. The minimum Gasteiger partial charge on any atom is -0.367 e. The Labute approximate surface area is 100 Å². The van der Waals surface area contributed by atoms with E-state index in [-0.39, 0.29) is 11.2 Å². The molecule has 1 rings (SSSR count). The smallest absolute Gasteiger partial charge is 0.156 e. The zero-order chi connectivity index (χ0) is 12.3. The average molecular weight is 242 g/mol. The highest BCUT2D eigenvalue weighted by molar-refractivity contribution is 6.32. The molecule has 0 aliphatic rings. The summed E-state index contributed by atoms with van der Waals surface area (Å²) in [6.45, 7) is 7.96. The molecule has 0 spiro atoms. The van der Waals surface area contributed by atoms with Crippen LogP contribution >= 0.6 is 11.6 Å². The zero-order valence-corrected chi connectivity index (χ0v) is 10.7. The number of aromatic nitrogens is 2. The summed E-state index contributed by atoms with van der Waals surface area (Å²) in [5, 5.41) is 3.37. The third-order valence-electron chi connectivity index (χ3n) is 2.49. The number of hydrogen-bond acceptors (Lipinski definition) is 4. The number of aryl methyl sites for hydroxylation is 1. The number of carbonyl (C=O) groups is 1. The first-order valence-electron chi connectivity index (χ1n) is 5.21. The van der Waals surface area contributed by atoms with Crippen molar-refractivity contribution in [2.75, 3.05) is 5.32 Å². The number of nitrogens with one attached hydrogen (secondary N) is 1. The van der Waals surface area contributed by atoms with E-state index in [1.54, 1.807) is 6.92 Å². The topological polar surface area (TPSA) is 54.9 Å². The number of carbonyl (C=O) groups excluding carboxylic acids is 1. The average Bonchev–Trinajstić information content (AvgIpc) is 2.16. The fraction of sp³-hybridized carbons (Fsp3) is 0.545.